The third kappa shape index (κ3) is 13.5. The fraction of sp³-hybridized carbons (Fsp3) is 0.456. The maximum atomic E-state index is 13.6. The van der Waals surface area contributed by atoms with Crippen LogP contribution in [0.3, 0.4) is 0 Å². The number of nitrogens with zero attached hydrogens (tertiary/aromatic N) is 3. The Kier molecular flexibility index (Phi) is 17.5. The van der Waals surface area contributed by atoms with E-state index >= 15 is 0 Å². The van der Waals surface area contributed by atoms with Gasteiger partial charge in [0.15, 0.2) is 0 Å². The van der Waals surface area contributed by atoms with Crippen LogP contribution in [-0.2, 0) is 24.4 Å². The van der Waals surface area contributed by atoms with Gasteiger partial charge in [-0.1, -0.05) is 115 Å². The van der Waals surface area contributed by atoms with E-state index in [0.29, 0.717) is 11.1 Å². The minimum atomic E-state index is -0.677. The van der Waals surface area contributed by atoms with E-state index in [-0.39, 0.29) is 46.4 Å². The lowest BCUT2D eigenvalue weighted by molar-refractivity contribution is -0.117. The molecule has 3 aliphatic rings. The number of hydrogen-bond donors (Lipinski definition) is 2. The van der Waals surface area contributed by atoms with Crippen molar-refractivity contribution >= 4 is 6.29 Å². The summed E-state index contributed by atoms with van der Waals surface area (Å²) in [6.45, 7) is 15.9. The number of carbonyl (C=O) groups is 1. The predicted molar refractivity (Wildman–Crippen MR) is 260 cm³/mol. The number of aliphatic hydroxyl groups is 2. The summed E-state index contributed by atoms with van der Waals surface area (Å²) in [6, 6.07) is 43.9. The Morgan fingerprint density at radius 1 is 0.508 bits per heavy atom. The molecular weight excluding hydrogens is 813 g/mol. The largest absolute Gasteiger partial charge is 0.387 e. The maximum Gasteiger partial charge on any atom is 0.137 e. The normalized spacial score (nSPS) is 22.8. The van der Waals surface area contributed by atoms with Gasteiger partial charge in [-0.3, -0.25) is 14.7 Å². The molecule has 0 radical (unpaired) electrons. The minimum Gasteiger partial charge on any atom is -0.387 e. The van der Waals surface area contributed by atoms with E-state index < -0.39 is 12.2 Å². The van der Waals surface area contributed by atoms with Crippen LogP contribution in [0.1, 0.15) is 139 Å². The molecule has 3 saturated heterocycles. The number of aliphatic hydroxyl groups excluding tert-OH is 2. The lowest BCUT2D eigenvalue weighted by Crippen LogP contribution is -2.54. The third-order valence-electron chi connectivity index (χ3n) is 14.3. The summed E-state index contributed by atoms with van der Waals surface area (Å²) in [5.74, 6) is -0.590. The van der Waals surface area contributed by atoms with Crippen LogP contribution in [-0.4, -0.2) is 65.9 Å². The first-order valence-corrected chi connectivity index (χ1v) is 23.8. The van der Waals surface area contributed by atoms with Crippen molar-refractivity contribution < 1.29 is 23.8 Å². The van der Waals surface area contributed by atoms with Crippen molar-refractivity contribution in [3.63, 3.8) is 0 Å². The molecule has 8 heteroatoms. The van der Waals surface area contributed by atoms with Gasteiger partial charge in [0, 0.05) is 48.3 Å². The molecule has 5 atom stereocenters. The molecule has 0 bridgehead atoms. The van der Waals surface area contributed by atoms with Gasteiger partial charge >= 0.3 is 0 Å². The number of piperidine rings is 3. The summed E-state index contributed by atoms with van der Waals surface area (Å²) in [6.07, 6.45) is 9.30. The summed E-state index contributed by atoms with van der Waals surface area (Å²) in [5, 5.41) is 21.9. The Balaban J connectivity index is 0.000000164. The van der Waals surface area contributed by atoms with Crippen molar-refractivity contribution in [2.45, 2.75) is 166 Å². The summed E-state index contributed by atoms with van der Waals surface area (Å²) in [5.41, 5.74) is 5.23. The first-order valence-electron chi connectivity index (χ1n) is 23.8. The second-order valence-corrected chi connectivity index (χ2v) is 20.3. The summed E-state index contributed by atoms with van der Waals surface area (Å²) in [7, 11) is 0. The number of benzene rings is 5. The highest BCUT2D eigenvalue weighted by Gasteiger charge is 2.41. The van der Waals surface area contributed by atoms with Crippen molar-refractivity contribution in [2.75, 3.05) is 0 Å². The van der Waals surface area contributed by atoms with Gasteiger partial charge in [0.1, 0.15) is 17.9 Å². The Morgan fingerprint density at radius 3 is 1.20 bits per heavy atom. The number of likely N-dealkylation sites (tertiary alicyclic amines) is 3. The van der Waals surface area contributed by atoms with Crippen molar-refractivity contribution in [2.24, 2.45) is 0 Å². The molecule has 65 heavy (non-hydrogen) atoms. The van der Waals surface area contributed by atoms with Crippen LogP contribution < -0.4 is 0 Å². The standard InChI is InChI=1S/2C21H26FNO.C15H21NO/c2*1-21(2)13-7-12-19(20(24)17-10-6-11-18(22)14-17)23(21)15-16-8-4-3-5-9-16;1-15(2)10-6-9-14(12-17)16(15)11-13-7-4-3-5-8-13/h2*3-6,8-11,14,19-20,24H,7,12-13,15H2,1-2H3;3-5,7-8,12,14H,6,9-11H2,1-2H3/t19-,20+;19-,20-;14-/m111/s1. The Morgan fingerprint density at radius 2 is 0.846 bits per heavy atom. The van der Waals surface area contributed by atoms with Gasteiger partial charge in [0.05, 0.1) is 18.2 Å². The number of halogens is 2. The smallest absolute Gasteiger partial charge is 0.137 e. The molecule has 0 saturated carbocycles. The van der Waals surface area contributed by atoms with E-state index in [1.165, 1.54) is 47.4 Å². The number of carbonyl (C=O) groups excluding carboxylic acids is 1. The van der Waals surface area contributed by atoms with Crippen LogP contribution in [0, 0.1) is 11.6 Å². The van der Waals surface area contributed by atoms with Crippen molar-refractivity contribution in [1.82, 2.24) is 14.7 Å². The summed E-state index contributed by atoms with van der Waals surface area (Å²) >= 11 is 0. The van der Waals surface area contributed by atoms with Crippen molar-refractivity contribution in [3.8, 4) is 0 Å². The lowest BCUT2D eigenvalue weighted by Gasteiger charge is -2.49. The average Bonchev–Trinajstić information content (AvgIpc) is 3.29. The number of rotatable bonds is 11. The highest BCUT2D eigenvalue weighted by Crippen LogP contribution is 2.40. The molecule has 3 heterocycles. The molecule has 8 rings (SSSR count). The topological polar surface area (TPSA) is 67.2 Å². The number of aldehydes is 1. The molecule has 0 amide bonds. The van der Waals surface area contributed by atoms with Gasteiger partial charge in [-0.15, -0.1) is 0 Å². The van der Waals surface area contributed by atoms with E-state index in [4.69, 9.17) is 0 Å². The Hall–Kier alpha value is -4.57. The average molecular weight is 886 g/mol. The van der Waals surface area contributed by atoms with Gasteiger partial charge in [-0.2, -0.15) is 0 Å². The molecular formula is C57H73F2N3O3. The lowest BCUT2D eigenvalue weighted by atomic mass is 9.82. The monoisotopic (exact) mass is 886 g/mol. The maximum absolute atomic E-state index is 13.6. The molecule has 3 aliphatic heterocycles. The van der Waals surface area contributed by atoms with E-state index in [0.717, 1.165) is 77.3 Å². The highest BCUT2D eigenvalue weighted by atomic mass is 19.1. The van der Waals surface area contributed by atoms with Crippen molar-refractivity contribution in [1.29, 1.82) is 0 Å². The second-order valence-electron chi connectivity index (χ2n) is 20.3. The SMILES string of the molecule is CC1(C)CCC[C@H](C=O)N1Cc1ccccc1.CC1(C)CCC[C@H]([C@@H](O)c2cccc(F)c2)N1Cc1ccccc1.CC1(C)CCC[C@H]([C@H](O)c2cccc(F)c2)N1Cc1ccccc1. The molecule has 6 nitrogen and oxygen atoms in total. The van der Waals surface area contributed by atoms with Crippen molar-refractivity contribution in [3.05, 3.63) is 179 Å². The molecule has 348 valence electrons. The quantitative estimate of drug-likeness (QED) is 0.129. The van der Waals surface area contributed by atoms with E-state index in [1.54, 1.807) is 12.1 Å². The van der Waals surface area contributed by atoms with E-state index in [2.05, 4.69) is 105 Å². The van der Waals surface area contributed by atoms with E-state index in [1.807, 2.05) is 54.6 Å². The third-order valence-corrected chi connectivity index (χ3v) is 14.3. The molecule has 0 unspecified atom stereocenters. The predicted octanol–water partition coefficient (Wildman–Crippen LogP) is 12.4. The first kappa shape index (κ1) is 49.9. The molecule has 5 aromatic rings. The van der Waals surface area contributed by atoms with Gasteiger partial charge < -0.3 is 15.0 Å². The summed E-state index contributed by atoms with van der Waals surface area (Å²) in [4.78, 5) is 18.3. The molecule has 0 spiro atoms. The van der Waals surface area contributed by atoms with Gasteiger partial charge in [-0.05, 0) is 151 Å². The van der Waals surface area contributed by atoms with Gasteiger partial charge in [-0.25, -0.2) is 8.78 Å². The molecule has 2 N–H and O–H groups in total. The van der Waals surface area contributed by atoms with Crippen LogP contribution in [0.5, 0.6) is 0 Å². The zero-order valence-corrected chi connectivity index (χ0v) is 39.6. The Bertz CT molecular complexity index is 2080. The minimum absolute atomic E-state index is 0.00393. The van der Waals surface area contributed by atoms with Crippen LogP contribution in [0.15, 0.2) is 140 Å². The molecule has 0 aliphatic carbocycles. The fourth-order valence-electron chi connectivity index (χ4n) is 10.4. The second kappa shape index (κ2) is 22.8. The molecule has 3 fully saturated rings. The summed E-state index contributed by atoms with van der Waals surface area (Å²) < 4.78 is 27.1. The molecule has 5 aromatic carbocycles. The van der Waals surface area contributed by atoms with Crippen LogP contribution in [0.4, 0.5) is 8.78 Å². The first-order chi connectivity index (χ1) is 31.1. The Labute approximate surface area is 388 Å². The van der Waals surface area contributed by atoms with Gasteiger partial charge in [0.25, 0.3) is 0 Å². The van der Waals surface area contributed by atoms with Crippen LogP contribution >= 0.6 is 0 Å². The zero-order valence-electron chi connectivity index (χ0n) is 39.6. The van der Waals surface area contributed by atoms with Crippen LogP contribution in [0.25, 0.3) is 0 Å². The van der Waals surface area contributed by atoms with E-state index in [9.17, 15) is 23.8 Å². The highest BCUT2D eigenvalue weighted by molar-refractivity contribution is 5.58. The fourth-order valence-corrected chi connectivity index (χ4v) is 10.4. The van der Waals surface area contributed by atoms with Crippen LogP contribution in [0.2, 0.25) is 0 Å². The zero-order chi connectivity index (χ0) is 46.6. The number of hydrogen-bond acceptors (Lipinski definition) is 6. The van der Waals surface area contributed by atoms with Gasteiger partial charge in [0.2, 0.25) is 0 Å². The molecule has 0 aromatic heterocycles.